The second kappa shape index (κ2) is 10.1. The van der Waals surface area contributed by atoms with Gasteiger partial charge in [0.15, 0.2) is 0 Å². The van der Waals surface area contributed by atoms with Crippen LogP contribution in [0.25, 0.3) is 6.08 Å². The molecule has 0 aliphatic heterocycles. The quantitative estimate of drug-likeness (QED) is 0.323. The maximum atomic E-state index is 12.4. The van der Waals surface area contributed by atoms with Crippen molar-refractivity contribution in [3.05, 3.63) is 98.8 Å². The van der Waals surface area contributed by atoms with Crippen LogP contribution in [0.15, 0.2) is 78.5 Å². The third kappa shape index (κ3) is 5.70. The molecule has 0 aliphatic rings. The van der Waals surface area contributed by atoms with Gasteiger partial charge in [-0.25, -0.2) is 4.79 Å². The molecule has 0 heterocycles. The van der Waals surface area contributed by atoms with E-state index in [1.165, 1.54) is 6.08 Å². The predicted octanol–water partition coefficient (Wildman–Crippen LogP) is 5.50. The highest BCUT2D eigenvalue weighted by molar-refractivity contribution is 14.1. The van der Waals surface area contributed by atoms with Crippen molar-refractivity contribution in [1.29, 1.82) is 0 Å². The lowest BCUT2D eigenvalue weighted by Crippen LogP contribution is -2.27. The normalized spacial score (nSPS) is 11.1. The number of hydrogen-bond acceptors (Lipinski definition) is 3. The van der Waals surface area contributed by atoms with Gasteiger partial charge in [-0.05, 0) is 82.6 Å². The first-order valence-electron chi connectivity index (χ1n) is 9.34. The maximum absolute atomic E-state index is 12.4. The molecule has 0 aliphatic carbocycles. The monoisotopic (exact) mass is 513 g/mol. The molecule has 3 aromatic carbocycles. The predicted molar refractivity (Wildman–Crippen MR) is 125 cm³/mol. The molecule has 6 heteroatoms. The standard InChI is InChI=1S/C24H20INO4/c1-2-16-7-11-18(12-8-16)23(27)26-21(24(28)29)15-17-9-13-19(14-10-17)30-22-6-4-3-5-20(22)25/h3-15H,2H2,1H3,(H,26,27)(H,28,29). The number of nitrogens with one attached hydrogen (secondary N) is 1. The fourth-order valence-corrected chi connectivity index (χ4v) is 3.19. The molecule has 0 radical (unpaired) electrons. The molecule has 5 nitrogen and oxygen atoms in total. The largest absolute Gasteiger partial charge is 0.477 e. The molecule has 2 N–H and O–H groups in total. The number of ether oxygens (including phenoxy) is 1. The molecule has 152 valence electrons. The first-order chi connectivity index (χ1) is 14.5. The van der Waals surface area contributed by atoms with Crippen molar-refractivity contribution in [2.45, 2.75) is 13.3 Å². The number of para-hydroxylation sites is 1. The lowest BCUT2D eigenvalue weighted by atomic mass is 10.1. The SMILES string of the molecule is CCc1ccc(C(=O)NC(=Cc2ccc(Oc3ccccc3I)cc2)C(=O)O)cc1. The number of aryl methyl sites for hydroxylation is 1. The van der Waals surface area contributed by atoms with Crippen LogP contribution in [0.2, 0.25) is 0 Å². The van der Waals surface area contributed by atoms with E-state index in [4.69, 9.17) is 4.74 Å². The number of benzene rings is 3. The molecule has 0 saturated heterocycles. The number of carboxylic acid groups (broad SMARTS) is 1. The minimum Gasteiger partial charge on any atom is -0.477 e. The minimum absolute atomic E-state index is 0.203. The van der Waals surface area contributed by atoms with E-state index < -0.39 is 11.9 Å². The van der Waals surface area contributed by atoms with Crippen LogP contribution in [-0.4, -0.2) is 17.0 Å². The van der Waals surface area contributed by atoms with Gasteiger partial charge in [-0.2, -0.15) is 0 Å². The van der Waals surface area contributed by atoms with Gasteiger partial charge in [0, 0.05) is 5.56 Å². The number of carboxylic acids is 1. The van der Waals surface area contributed by atoms with Crippen molar-refractivity contribution >= 4 is 40.5 Å². The summed E-state index contributed by atoms with van der Waals surface area (Å²) in [6.45, 7) is 2.03. The van der Waals surface area contributed by atoms with Crippen LogP contribution in [0.4, 0.5) is 0 Å². The second-order valence-electron chi connectivity index (χ2n) is 6.47. The van der Waals surface area contributed by atoms with Gasteiger partial charge in [-0.3, -0.25) is 4.79 Å². The molecule has 0 atom stereocenters. The molecule has 0 spiro atoms. The summed E-state index contributed by atoms with van der Waals surface area (Å²) in [6.07, 6.45) is 2.28. The topological polar surface area (TPSA) is 75.6 Å². The Kier molecular flexibility index (Phi) is 7.24. The summed E-state index contributed by atoms with van der Waals surface area (Å²) in [7, 11) is 0. The van der Waals surface area contributed by atoms with E-state index in [-0.39, 0.29) is 5.70 Å². The van der Waals surface area contributed by atoms with Crippen molar-refractivity contribution in [1.82, 2.24) is 5.32 Å². The highest BCUT2D eigenvalue weighted by Gasteiger charge is 2.13. The third-order valence-electron chi connectivity index (χ3n) is 4.36. The Balaban J connectivity index is 1.73. The van der Waals surface area contributed by atoms with Gasteiger partial charge in [0.1, 0.15) is 17.2 Å². The molecule has 0 unspecified atom stereocenters. The average molecular weight is 513 g/mol. The maximum Gasteiger partial charge on any atom is 0.352 e. The van der Waals surface area contributed by atoms with E-state index in [0.29, 0.717) is 16.9 Å². The Hall–Kier alpha value is -3.13. The van der Waals surface area contributed by atoms with Gasteiger partial charge >= 0.3 is 5.97 Å². The number of rotatable bonds is 7. The Labute approximate surface area is 188 Å². The molecule has 1 amide bonds. The lowest BCUT2D eigenvalue weighted by Gasteiger charge is -2.09. The van der Waals surface area contributed by atoms with Gasteiger partial charge < -0.3 is 15.2 Å². The molecule has 0 aromatic heterocycles. The number of halogens is 1. The van der Waals surface area contributed by atoms with Crippen LogP contribution in [0.1, 0.15) is 28.4 Å². The van der Waals surface area contributed by atoms with Crippen LogP contribution in [0.3, 0.4) is 0 Å². The number of carbonyl (C=O) groups excluding carboxylic acids is 1. The molecular weight excluding hydrogens is 493 g/mol. The Morgan fingerprint density at radius 1 is 1.00 bits per heavy atom. The zero-order valence-corrected chi connectivity index (χ0v) is 18.4. The summed E-state index contributed by atoms with van der Waals surface area (Å²) in [4.78, 5) is 24.0. The van der Waals surface area contributed by atoms with Gasteiger partial charge in [0.2, 0.25) is 0 Å². The number of carbonyl (C=O) groups is 2. The summed E-state index contributed by atoms with van der Waals surface area (Å²) < 4.78 is 6.83. The molecule has 0 saturated carbocycles. The van der Waals surface area contributed by atoms with Crippen molar-refractivity contribution in [3.63, 3.8) is 0 Å². The fourth-order valence-electron chi connectivity index (χ4n) is 2.69. The van der Waals surface area contributed by atoms with Crippen LogP contribution in [-0.2, 0) is 11.2 Å². The Morgan fingerprint density at radius 2 is 1.67 bits per heavy atom. The molecule has 0 fully saturated rings. The molecule has 3 aromatic rings. The minimum atomic E-state index is -1.22. The van der Waals surface area contributed by atoms with Gasteiger partial charge in [-0.15, -0.1) is 0 Å². The van der Waals surface area contributed by atoms with Gasteiger partial charge in [-0.1, -0.05) is 43.3 Å². The van der Waals surface area contributed by atoms with Crippen molar-refractivity contribution in [2.75, 3.05) is 0 Å². The van der Waals surface area contributed by atoms with E-state index in [1.54, 1.807) is 36.4 Å². The summed E-state index contributed by atoms with van der Waals surface area (Å²) in [6, 6.07) is 21.7. The first-order valence-corrected chi connectivity index (χ1v) is 10.4. The van der Waals surface area contributed by atoms with E-state index in [9.17, 15) is 14.7 Å². The fraction of sp³-hybridized carbons (Fsp3) is 0.0833. The van der Waals surface area contributed by atoms with Crippen LogP contribution >= 0.6 is 22.6 Å². The number of amides is 1. The van der Waals surface area contributed by atoms with Gasteiger partial charge in [0.05, 0.1) is 3.57 Å². The van der Waals surface area contributed by atoms with Crippen LogP contribution in [0, 0.1) is 3.57 Å². The smallest absolute Gasteiger partial charge is 0.352 e. The summed E-state index contributed by atoms with van der Waals surface area (Å²) >= 11 is 2.20. The average Bonchev–Trinajstić information content (AvgIpc) is 2.76. The van der Waals surface area contributed by atoms with Gasteiger partial charge in [0.25, 0.3) is 5.91 Å². The van der Waals surface area contributed by atoms with Crippen LogP contribution < -0.4 is 10.1 Å². The molecular formula is C24H20INO4. The highest BCUT2D eigenvalue weighted by Crippen LogP contribution is 2.26. The highest BCUT2D eigenvalue weighted by atomic mass is 127. The molecule has 30 heavy (non-hydrogen) atoms. The first kappa shape index (κ1) is 21.6. The Morgan fingerprint density at radius 3 is 2.27 bits per heavy atom. The summed E-state index contributed by atoms with van der Waals surface area (Å²) in [5.74, 6) is -0.306. The van der Waals surface area contributed by atoms with E-state index in [2.05, 4.69) is 27.9 Å². The zero-order valence-electron chi connectivity index (χ0n) is 16.3. The van der Waals surface area contributed by atoms with E-state index >= 15 is 0 Å². The van der Waals surface area contributed by atoms with E-state index in [0.717, 1.165) is 21.3 Å². The van der Waals surface area contributed by atoms with Crippen molar-refractivity contribution < 1.29 is 19.4 Å². The Bertz CT molecular complexity index is 1070. The summed E-state index contributed by atoms with van der Waals surface area (Å²) in [5.41, 5.74) is 1.93. The number of hydrogen-bond donors (Lipinski definition) is 2. The van der Waals surface area contributed by atoms with Crippen molar-refractivity contribution in [3.8, 4) is 11.5 Å². The zero-order chi connectivity index (χ0) is 21.5. The van der Waals surface area contributed by atoms with E-state index in [1.807, 2.05) is 43.3 Å². The lowest BCUT2D eigenvalue weighted by molar-refractivity contribution is -0.132. The summed E-state index contributed by atoms with van der Waals surface area (Å²) in [5, 5.41) is 12.0. The number of aliphatic carboxylic acids is 1. The second-order valence-corrected chi connectivity index (χ2v) is 7.63. The molecule has 0 bridgehead atoms. The molecule has 3 rings (SSSR count). The third-order valence-corrected chi connectivity index (χ3v) is 5.25. The van der Waals surface area contributed by atoms with Crippen LogP contribution in [0.5, 0.6) is 11.5 Å². The van der Waals surface area contributed by atoms with Crippen molar-refractivity contribution in [2.24, 2.45) is 0 Å².